The van der Waals surface area contributed by atoms with E-state index in [4.69, 9.17) is 5.53 Å². The maximum Gasteiger partial charge on any atom is 0.292 e. The van der Waals surface area contributed by atoms with Crippen molar-refractivity contribution in [3.8, 4) is 0 Å². The highest BCUT2D eigenvalue weighted by atomic mass is 16.6. The number of nitro benzene ring substituents is 1. The number of hydrogen-bond donors (Lipinski definition) is 5. The third-order valence-electron chi connectivity index (χ3n) is 7.21. The van der Waals surface area contributed by atoms with Crippen molar-refractivity contribution in [2.75, 3.05) is 31.6 Å². The Labute approximate surface area is 198 Å². The van der Waals surface area contributed by atoms with E-state index in [1.165, 1.54) is 6.07 Å². The van der Waals surface area contributed by atoms with Crippen LogP contribution in [0.1, 0.15) is 38.5 Å². The van der Waals surface area contributed by atoms with E-state index in [1.54, 1.807) is 12.1 Å². The highest BCUT2D eigenvalue weighted by molar-refractivity contribution is 5.66. The lowest BCUT2D eigenvalue weighted by Crippen LogP contribution is -2.62. The van der Waals surface area contributed by atoms with Crippen LogP contribution in [-0.2, 0) is 0 Å². The van der Waals surface area contributed by atoms with Crippen LogP contribution >= 0.6 is 0 Å². The molecule has 12 heteroatoms. The summed E-state index contributed by atoms with van der Waals surface area (Å²) in [5.41, 5.74) is 9.00. The van der Waals surface area contributed by atoms with Crippen LogP contribution < -0.4 is 5.32 Å². The van der Waals surface area contributed by atoms with Crippen LogP contribution in [0.5, 0.6) is 0 Å². The first-order valence-electron chi connectivity index (χ1n) is 11.8. The highest BCUT2D eigenvalue weighted by Gasteiger charge is 2.41. The van der Waals surface area contributed by atoms with Crippen LogP contribution in [0.3, 0.4) is 0 Å². The predicted molar refractivity (Wildman–Crippen MR) is 126 cm³/mol. The van der Waals surface area contributed by atoms with Gasteiger partial charge in [-0.05, 0) is 42.8 Å². The maximum atomic E-state index is 11.3. The molecule has 1 aromatic rings. The quantitative estimate of drug-likeness (QED) is 0.111. The third-order valence-corrected chi connectivity index (χ3v) is 7.21. The fraction of sp³-hybridized carbons (Fsp3) is 0.727. The molecule has 2 fully saturated rings. The van der Waals surface area contributed by atoms with Crippen LogP contribution in [0.4, 0.5) is 17.1 Å². The fourth-order valence-corrected chi connectivity index (χ4v) is 5.14. The van der Waals surface area contributed by atoms with Crippen LogP contribution in [0.25, 0.3) is 10.4 Å². The Hall–Kier alpha value is -2.47. The van der Waals surface area contributed by atoms with Crippen LogP contribution in [-0.4, -0.2) is 80.8 Å². The molecule has 4 unspecified atom stereocenters. The van der Waals surface area contributed by atoms with Crippen molar-refractivity contribution in [3.05, 3.63) is 38.8 Å². The van der Waals surface area contributed by atoms with Gasteiger partial charge in [0.25, 0.3) is 5.69 Å². The molecule has 0 amide bonds. The predicted octanol–water partition coefficient (Wildman–Crippen LogP) is 2.29. The second-order valence-electron chi connectivity index (χ2n) is 9.33. The van der Waals surface area contributed by atoms with Crippen LogP contribution in [0, 0.1) is 22.0 Å². The topological polar surface area (TPSA) is 188 Å². The van der Waals surface area contributed by atoms with Crippen molar-refractivity contribution in [1.82, 2.24) is 4.90 Å². The second-order valence-corrected chi connectivity index (χ2v) is 9.33. The summed E-state index contributed by atoms with van der Waals surface area (Å²) in [7, 11) is 0. The summed E-state index contributed by atoms with van der Waals surface area (Å²) in [6.45, 7) is 1.23. The Kier molecular flexibility index (Phi) is 9.45. The van der Waals surface area contributed by atoms with Gasteiger partial charge in [0.15, 0.2) is 0 Å². The number of azide groups is 1. The van der Waals surface area contributed by atoms with Gasteiger partial charge in [-0.25, -0.2) is 0 Å². The highest BCUT2D eigenvalue weighted by Crippen LogP contribution is 2.34. The summed E-state index contributed by atoms with van der Waals surface area (Å²) in [6.07, 6.45) is 2.65. The maximum absolute atomic E-state index is 11.3. The smallest absolute Gasteiger partial charge is 0.292 e. The van der Waals surface area contributed by atoms with Crippen molar-refractivity contribution in [1.29, 1.82) is 0 Å². The molecule has 3 rings (SSSR count). The van der Waals surface area contributed by atoms with Gasteiger partial charge in [0.2, 0.25) is 0 Å². The largest absolute Gasteiger partial charge is 0.395 e. The molecular weight excluding hydrogens is 444 g/mol. The van der Waals surface area contributed by atoms with E-state index in [1.807, 2.05) is 4.90 Å². The molecule has 1 aliphatic carbocycles. The van der Waals surface area contributed by atoms with Crippen molar-refractivity contribution in [3.63, 3.8) is 0 Å². The second kappa shape index (κ2) is 12.3. The van der Waals surface area contributed by atoms with Gasteiger partial charge >= 0.3 is 0 Å². The van der Waals surface area contributed by atoms with Gasteiger partial charge in [-0.3, -0.25) is 15.0 Å². The molecule has 0 spiro atoms. The van der Waals surface area contributed by atoms with E-state index < -0.39 is 29.3 Å². The van der Waals surface area contributed by atoms with E-state index >= 15 is 0 Å². The Bertz CT molecular complexity index is 873. The lowest BCUT2D eigenvalue weighted by Gasteiger charge is -2.43. The molecule has 4 atom stereocenters. The number of nitrogens with one attached hydrogen (secondary N) is 1. The lowest BCUT2D eigenvalue weighted by molar-refractivity contribution is -0.383. The molecule has 0 bridgehead atoms. The number of nitrogens with zero attached hydrogens (tertiary/aromatic N) is 5. The zero-order chi connectivity index (χ0) is 24.7. The van der Waals surface area contributed by atoms with Gasteiger partial charge < -0.3 is 25.7 Å². The Balaban J connectivity index is 1.41. The zero-order valence-electron chi connectivity index (χ0n) is 19.1. The van der Waals surface area contributed by atoms with Gasteiger partial charge in [-0.1, -0.05) is 36.9 Å². The molecule has 1 saturated carbocycles. The summed E-state index contributed by atoms with van der Waals surface area (Å²) >= 11 is 0. The average molecular weight is 479 g/mol. The number of nitro groups is 1. The minimum atomic E-state index is -1.23. The molecule has 0 radical (unpaired) electrons. The van der Waals surface area contributed by atoms with Crippen LogP contribution in [0.2, 0.25) is 0 Å². The fourth-order valence-electron chi connectivity index (χ4n) is 5.14. The van der Waals surface area contributed by atoms with E-state index in [-0.39, 0.29) is 24.5 Å². The number of benzene rings is 1. The monoisotopic (exact) mass is 478 g/mol. The van der Waals surface area contributed by atoms with Gasteiger partial charge in [-0.2, -0.15) is 0 Å². The first-order valence-corrected chi connectivity index (χ1v) is 11.8. The van der Waals surface area contributed by atoms with E-state index in [0.29, 0.717) is 30.6 Å². The summed E-state index contributed by atoms with van der Waals surface area (Å²) in [5, 5.41) is 57.4. The standard InChI is InChI=1S/C22H34N6O6/c23-26-25-16-5-6-17(18(11-16)28(33)34)24-9-7-14-1-3-15(4-2-14)8-10-27-12-20(30)22(32)21(31)19(27)13-29/h5-6,11,14-15,19-22,24,29-32H,1-4,7-10,12-13H2. The lowest BCUT2D eigenvalue weighted by atomic mass is 9.79. The van der Waals surface area contributed by atoms with Crippen molar-refractivity contribution >= 4 is 17.1 Å². The molecule has 2 aliphatic rings. The number of hydrogen-bond acceptors (Lipinski definition) is 9. The molecule has 188 valence electrons. The third kappa shape index (κ3) is 6.56. The molecule has 34 heavy (non-hydrogen) atoms. The first-order chi connectivity index (χ1) is 16.3. The summed E-state index contributed by atoms with van der Waals surface area (Å²) in [4.78, 5) is 15.4. The molecular formula is C22H34N6O6. The molecule has 0 aromatic heterocycles. The normalized spacial score (nSPS) is 29.9. The number of anilines is 1. The molecule has 1 aliphatic heterocycles. The Morgan fingerprint density at radius 1 is 1.15 bits per heavy atom. The van der Waals surface area contributed by atoms with Gasteiger partial charge in [0.05, 0.1) is 23.7 Å². The molecule has 5 N–H and O–H groups in total. The molecule has 1 heterocycles. The first kappa shape index (κ1) is 26.1. The minimum Gasteiger partial charge on any atom is -0.395 e. The number of likely N-dealkylation sites (tertiary alicyclic amines) is 1. The summed E-state index contributed by atoms with van der Waals surface area (Å²) in [5.74, 6) is 1.06. The number of β-amino-alcohol motifs (C(OH)–C–C–N with tert-alkyl or cyclic N) is 1. The summed E-state index contributed by atoms with van der Waals surface area (Å²) in [6, 6.07) is 3.80. The zero-order valence-corrected chi connectivity index (χ0v) is 19.1. The number of aliphatic hydroxyl groups excluding tert-OH is 4. The Morgan fingerprint density at radius 2 is 1.82 bits per heavy atom. The summed E-state index contributed by atoms with van der Waals surface area (Å²) < 4.78 is 0. The van der Waals surface area contributed by atoms with Crippen molar-refractivity contribution < 1.29 is 25.3 Å². The van der Waals surface area contributed by atoms with Crippen LogP contribution in [0.15, 0.2) is 23.3 Å². The molecule has 1 saturated heterocycles. The minimum absolute atomic E-state index is 0.116. The van der Waals surface area contributed by atoms with E-state index in [0.717, 1.165) is 38.5 Å². The number of aliphatic hydroxyl groups is 4. The van der Waals surface area contributed by atoms with Gasteiger partial charge in [0, 0.05) is 29.8 Å². The van der Waals surface area contributed by atoms with Gasteiger partial charge in [0.1, 0.15) is 17.9 Å². The molecule has 1 aromatic carbocycles. The SMILES string of the molecule is [N-]=[N+]=Nc1ccc(NCCC2CCC(CCN3CC(O)C(O)C(O)C3CO)CC2)c([N+](=O)[O-])c1. The van der Waals surface area contributed by atoms with Crippen molar-refractivity contribution in [2.45, 2.75) is 62.9 Å². The van der Waals surface area contributed by atoms with E-state index in [2.05, 4.69) is 15.3 Å². The van der Waals surface area contributed by atoms with E-state index in [9.17, 15) is 30.5 Å². The Morgan fingerprint density at radius 3 is 2.44 bits per heavy atom. The number of piperidine rings is 1. The number of rotatable bonds is 10. The molecule has 12 nitrogen and oxygen atoms in total. The van der Waals surface area contributed by atoms with Gasteiger partial charge in [-0.15, -0.1) is 0 Å². The average Bonchev–Trinajstić information content (AvgIpc) is 2.83. The van der Waals surface area contributed by atoms with Crippen molar-refractivity contribution in [2.24, 2.45) is 17.0 Å².